The topological polar surface area (TPSA) is 52.7 Å². The molecule has 2 rings (SSSR count). The van der Waals surface area contributed by atoms with Crippen molar-refractivity contribution in [3.8, 4) is 0 Å². The Morgan fingerprint density at radius 3 is 2.14 bits per heavy atom. The van der Waals surface area contributed by atoms with Crippen LogP contribution in [0.2, 0.25) is 0 Å². The van der Waals surface area contributed by atoms with Crippen molar-refractivity contribution in [3.63, 3.8) is 0 Å². The number of nitrogens with zero attached hydrogens (tertiary/aromatic N) is 2. The lowest BCUT2D eigenvalue weighted by molar-refractivity contribution is -0.134. The number of carbonyl (C=O) groups excluding carboxylic acids is 2. The number of hydrogen-bond acceptors (Lipinski definition) is 4. The number of amides is 2. The maximum Gasteiger partial charge on any atom is 0.243 e. The molecule has 0 aliphatic carbocycles. The van der Waals surface area contributed by atoms with Crippen LogP contribution >= 0.6 is 11.8 Å². The van der Waals surface area contributed by atoms with E-state index in [1.165, 1.54) is 9.80 Å². The van der Waals surface area contributed by atoms with Gasteiger partial charge >= 0.3 is 0 Å². The Morgan fingerprint density at radius 1 is 0.964 bits per heavy atom. The van der Waals surface area contributed by atoms with Gasteiger partial charge in [0.1, 0.15) is 0 Å². The van der Waals surface area contributed by atoms with E-state index >= 15 is 0 Å². The minimum atomic E-state index is -0.191. The molecule has 0 saturated heterocycles. The quantitative estimate of drug-likeness (QED) is 0.690. The second-order valence-corrected chi connectivity index (χ2v) is 7.96. The van der Waals surface area contributed by atoms with Crippen molar-refractivity contribution in [1.82, 2.24) is 9.80 Å². The molecule has 28 heavy (non-hydrogen) atoms. The van der Waals surface area contributed by atoms with Crippen LogP contribution in [0.5, 0.6) is 0 Å². The number of benzene rings is 2. The van der Waals surface area contributed by atoms with Crippen LogP contribution in [0.3, 0.4) is 0 Å². The molecule has 0 unspecified atom stereocenters. The maximum atomic E-state index is 12.5. The summed E-state index contributed by atoms with van der Waals surface area (Å²) >= 11 is 1.71. The number of thioether (sulfide) groups is 1. The molecule has 0 aromatic heterocycles. The predicted octanol–water partition coefficient (Wildman–Crippen LogP) is 3.55. The molecule has 0 saturated carbocycles. The van der Waals surface area contributed by atoms with Crippen LogP contribution in [0.4, 0.5) is 5.69 Å². The molecular formula is C22H29N3O2S. The van der Waals surface area contributed by atoms with Gasteiger partial charge in [0.15, 0.2) is 0 Å². The van der Waals surface area contributed by atoms with Gasteiger partial charge in [0.2, 0.25) is 11.8 Å². The van der Waals surface area contributed by atoms with E-state index in [2.05, 4.69) is 29.6 Å². The monoisotopic (exact) mass is 399 g/mol. The lowest BCUT2D eigenvalue weighted by atomic mass is 10.1. The fourth-order valence-corrected chi connectivity index (χ4v) is 3.35. The first-order valence-electron chi connectivity index (χ1n) is 9.21. The molecule has 6 heteroatoms. The highest BCUT2D eigenvalue weighted by atomic mass is 32.2. The number of para-hydroxylation sites is 1. The van der Waals surface area contributed by atoms with Gasteiger partial charge in [-0.05, 0) is 56.0 Å². The minimum Gasteiger partial charge on any atom is -0.335 e. The van der Waals surface area contributed by atoms with Crippen LogP contribution in [-0.4, -0.2) is 55.1 Å². The minimum absolute atomic E-state index is 0.0306. The number of carbonyl (C=O) groups is 2. The zero-order chi connectivity index (χ0) is 20.7. The van der Waals surface area contributed by atoms with Gasteiger partial charge < -0.3 is 10.2 Å². The van der Waals surface area contributed by atoms with E-state index in [0.717, 1.165) is 22.4 Å². The highest BCUT2D eigenvalue weighted by Gasteiger charge is 2.16. The van der Waals surface area contributed by atoms with Crippen molar-refractivity contribution in [2.45, 2.75) is 25.3 Å². The molecule has 0 bridgehead atoms. The molecule has 0 heterocycles. The lowest BCUT2D eigenvalue weighted by Crippen LogP contribution is -2.40. The van der Waals surface area contributed by atoms with Crippen LogP contribution in [0, 0.1) is 13.8 Å². The largest absolute Gasteiger partial charge is 0.335 e. The zero-order valence-electron chi connectivity index (χ0n) is 17.3. The normalized spacial score (nSPS) is 10.8. The molecule has 1 N–H and O–H groups in total. The molecule has 0 aliphatic heterocycles. The third kappa shape index (κ3) is 6.39. The van der Waals surface area contributed by atoms with Gasteiger partial charge in [-0.15, -0.1) is 11.8 Å². The summed E-state index contributed by atoms with van der Waals surface area (Å²) in [6, 6.07) is 14.2. The van der Waals surface area contributed by atoms with Crippen molar-refractivity contribution in [1.29, 1.82) is 0 Å². The Labute approximate surface area is 172 Å². The van der Waals surface area contributed by atoms with Gasteiger partial charge in [-0.25, -0.2) is 0 Å². The zero-order valence-corrected chi connectivity index (χ0v) is 18.1. The lowest BCUT2D eigenvalue weighted by Gasteiger charge is -2.22. The van der Waals surface area contributed by atoms with Crippen molar-refractivity contribution in [2.24, 2.45) is 0 Å². The number of anilines is 1. The Hall–Kier alpha value is -2.31. The van der Waals surface area contributed by atoms with E-state index in [1.807, 2.05) is 50.2 Å². The van der Waals surface area contributed by atoms with E-state index in [1.54, 1.807) is 18.8 Å². The van der Waals surface area contributed by atoms with Gasteiger partial charge in [-0.1, -0.05) is 30.3 Å². The standard InChI is InChI=1S/C22H29N3O2S/c1-16-7-6-8-17(2)22(16)23-20(26)14-25(4)21(27)15-24(3)13-18-9-11-19(28-5)12-10-18/h6-12H,13-15H2,1-5H3,(H,23,26). The van der Waals surface area contributed by atoms with Gasteiger partial charge in [0.05, 0.1) is 13.1 Å². The average molecular weight is 400 g/mol. The number of hydrogen-bond donors (Lipinski definition) is 1. The molecule has 5 nitrogen and oxygen atoms in total. The first-order valence-corrected chi connectivity index (χ1v) is 10.4. The average Bonchev–Trinajstić information content (AvgIpc) is 2.65. The van der Waals surface area contributed by atoms with Crippen LogP contribution in [0.25, 0.3) is 0 Å². The van der Waals surface area contributed by atoms with Gasteiger partial charge in [0.25, 0.3) is 0 Å². The number of nitrogens with one attached hydrogen (secondary N) is 1. The fraction of sp³-hybridized carbons (Fsp3) is 0.364. The SMILES string of the molecule is CSc1ccc(CN(C)CC(=O)N(C)CC(=O)Nc2c(C)cccc2C)cc1. The second kappa shape index (κ2) is 10.3. The molecule has 0 aliphatic rings. The first-order chi connectivity index (χ1) is 13.3. The Balaban J connectivity index is 1.84. The summed E-state index contributed by atoms with van der Waals surface area (Å²) in [6.07, 6.45) is 2.05. The summed E-state index contributed by atoms with van der Waals surface area (Å²) in [5.74, 6) is -0.275. The van der Waals surface area contributed by atoms with Crippen LogP contribution in [-0.2, 0) is 16.1 Å². The molecule has 2 aromatic carbocycles. The molecule has 0 fully saturated rings. The molecule has 2 amide bonds. The van der Waals surface area contributed by atoms with Crippen LogP contribution < -0.4 is 5.32 Å². The van der Waals surface area contributed by atoms with Crippen LogP contribution in [0.15, 0.2) is 47.4 Å². The van der Waals surface area contributed by atoms with E-state index in [9.17, 15) is 9.59 Å². The highest BCUT2D eigenvalue weighted by Crippen LogP contribution is 2.19. The molecule has 150 valence electrons. The number of rotatable bonds is 8. The summed E-state index contributed by atoms with van der Waals surface area (Å²) in [7, 11) is 3.57. The third-order valence-electron chi connectivity index (χ3n) is 4.57. The molecule has 0 atom stereocenters. The molecule has 0 spiro atoms. The maximum absolute atomic E-state index is 12.5. The summed E-state index contributed by atoms with van der Waals surface area (Å²) in [5, 5.41) is 2.92. The highest BCUT2D eigenvalue weighted by molar-refractivity contribution is 7.98. The van der Waals surface area contributed by atoms with Crippen molar-refractivity contribution >= 4 is 29.3 Å². The van der Waals surface area contributed by atoms with E-state index < -0.39 is 0 Å². The predicted molar refractivity (Wildman–Crippen MR) is 117 cm³/mol. The van der Waals surface area contributed by atoms with Crippen molar-refractivity contribution in [2.75, 3.05) is 38.8 Å². The molecular weight excluding hydrogens is 370 g/mol. The van der Waals surface area contributed by atoms with Gasteiger partial charge in [-0.3, -0.25) is 14.5 Å². The fourth-order valence-electron chi connectivity index (χ4n) is 2.94. The Bertz CT molecular complexity index is 801. The first kappa shape index (κ1) is 22.0. The smallest absolute Gasteiger partial charge is 0.243 e. The van der Waals surface area contributed by atoms with Crippen molar-refractivity contribution < 1.29 is 9.59 Å². The van der Waals surface area contributed by atoms with E-state index in [4.69, 9.17) is 0 Å². The van der Waals surface area contributed by atoms with E-state index in [0.29, 0.717) is 6.54 Å². The van der Waals surface area contributed by atoms with Crippen molar-refractivity contribution in [3.05, 3.63) is 59.2 Å². The summed E-state index contributed by atoms with van der Waals surface area (Å²) < 4.78 is 0. The third-order valence-corrected chi connectivity index (χ3v) is 5.31. The Kier molecular flexibility index (Phi) is 8.08. The summed E-state index contributed by atoms with van der Waals surface area (Å²) in [5.41, 5.74) is 3.99. The van der Waals surface area contributed by atoms with Crippen LogP contribution in [0.1, 0.15) is 16.7 Å². The van der Waals surface area contributed by atoms with Gasteiger partial charge in [-0.2, -0.15) is 0 Å². The summed E-state index contributed by atoms with van der Waals surface area (Å²) in [6.45, 7) is 4.89. The Morgan fingerprint density at radius 2 is 1.57 bits per heavy atom. The number of likely N-dealkylation sites (N-methyl/N-ethyl adjacent to an activating group) is 2. The van der Waals surface area contributed by atoms with Gasteiger partial charge in [0, 0.05) is 24.2 Å². The molecule has 0 radical (unpaired) electrons. The number of aryl methyl sites for hydroxylation is 2. The second-order valence-electron chi connectivity index (χ2n) is 7.09. The molecule has 2 aromatic rings. The van der Waals surface area contributed by atoms with E-state index in [-0.39, 0.29) is 24.9 Å². The summed E-state index contributed by atoms with van der Waals surface area (Å²) in [4.78, 5) is 29.5.